The lowest BCUT2D eigenvalue weighted by molar-refractivity contribution is -0.152. The van der Waals surface area contributed by atoms with Crippen LogP contribution < -0.4 is 0 Å². The van der Waals surface area contributed by atoms with Crippen LogP contribution >= 0.6 is 0 Å². The van der Waals surface area contributed by atoms with Gasteiger partial charge in [0.05, 0.1) is 12.0 Å². The number of ether oxygens (including phenoxy) is 1. The Hall–Kier alpha value is -0.790. The fourth-order valence-electron chi connectivity index (χ4n) is 2.54. The molecule has 2 heteroatoms. The van der Waals surface area contributed by atoms with Crippen LogP contribution in [0.2, 0.25) is 0 Å². The van der Waals surface area contributed by atoms with Crippen molar-refractivity contribution in [3.8, 4) is 0 Å². The largest absolute Gasteiger partial charge is 0.465 e. The van der Waals surface area contributed by atoms with Crippen LogP contribution in [0.15, 0.2) is 12.7 Å². The summed E-state index contributed by atoms with van der Waals surface area (Å²) in [6, 6.07) is 0. The van der Waals surface area contributed by atoms with Gasteiger partial charge in [-0.25, -0.2) is 0 Å². The Morgan fingerprint density at radius 3 is 2.56 bits per heavy atom. The average Bonchev–Trinajstić information content (AvgIpc) is 2.30. The molecule has 0 radical (unpaired) electrons. The molecule has 0 aromatic heterocycles. The summed E-state index contributed by atoms with van der Waals surface area (Å²) in [6.45, 7) is 8.05. The molecule has 0 heterocycles. The molecule has 0 spiro atoms. The first kappa shape index (κ1) is 13.3. The summed E-state index contributed by atoms with van der Waals surface area (Å²) in [5, 5.41) is 0. The summed E-state index contributed by atoms with van der Waals surface area (Å²) < 4.78 is 5.13. The fraction of sp³-hybridized carbons (Fsp3) is 0.786. The SMILES string of the molecule is C=CC(C)(CC1CCCCC1)C(=O)OCC. The number of hydrogen-bond acceptors (Lipinski definition) is 2. The minimum atomic E-state index is -0.488. The lowest BCUT2D eigenvalue weighted by Crippen LogP contribution is -2.30. The molecule has 1 aliphatic carbocycles. The topological polar surface area (TPSA) is 26.3 Å². The highest BCUT2D eigenvalue weighted by atomic mass is 16.5. The molecule has 2 nitrogen and oxygen atoms in total. The predicted molar refractivity (Wildman–Crippen MR) is 66.1 cm³/mol. The maximum absolute atomic E-state index is 11.9. The lowest BCUT2D eigenvalue weighted by Gasteiger charge is -2.30. The zero-order chi connectivity index (χ0) is 12.0. The summed E-state index contributed by atoms with van der Waals surface area (Å²) in [7, 11) is 0. The van der Waals surface area contributed by atoms with Crippen LogP contribution in [0, 0.1) is 11.3 Å². The van der Waals surface area contributed by atoms with Gasteiger partial charge in [-0.3, -0.25) is 4.79 Å². The van der Waals surface area contributed by atoms with E-state index in [9.17, 15) is 4.79 Å². The smallest absolute Gasteiger partial charge is 0.315 e. The molecule has 0 aromatic carbocycles. The Bertz CT molecular complexity index is 241. The molecule has 1 aliphatic rings. The van der Waals surface area contributed by atoms with Crippen molar-refractivity contribution in [2.45, 2.75) is 52.4 Å². The molecular weight excluding hydrogens is 200 g/mol. The van der Waals surface area contributed by atoms with Gasteiger partial charge >= 0.3 is 5.97 Å². The van der Waals surface area contributed by atoms with Crippen LogP contribution in [0.5, 0.6) is 0 Å². The second-order valence-electron chi connectivity index (χ2n) is 5.05. The van der Waals surface area contributed by atoms with Crippen molar-refractivity contribution in [2.24, 2.45) is 11.3 Å². The van der Waals surface area contributed by atoms with Crippen LogP contribution in [0.3, 0.4) is 0 Å². The third kappa shape index (κ3) is 3.36. The van der Waals surface area contributed by atoms with E-state index in [-0.39, 0.29) is 5.97 Å². The first-order valence-corrected chi connectivity index (χ1v) is 6.43. The molecule has 1 unspecified atom stereocenters. The Labute approximate surface area is 99.1 Å². The number of carbonyl (C=O) groups excluding carboxylic acids is 1. The van der Waals surface area contributed by atoms with E-state index in [1.165, 1.54) is 32.1 Å². The highest BCUT2D eigenvalue weighted by Gasteiger charge is 2.34. The van der Waals surface area contributed by atoms with Gasteiger partial charge < -0.3 is 4.74 Å². The van der Waals surface area contributed by atoms with Crippen LogP contribution in [-0.4, -0.2) is 12.6 Å². The molecular formula is C14H24O2. The van der Waals surface area contributed by atoms with Gasteiger partial charge in [0.25, 0.3) is 0 Å². The second-order valence-corrected chi connectivity index (χ2v) is 5.05. The molecule has 92 valence electrons. The third-order valence-electron chi connectivity index (χ3n) is 3.63. The first-order valence-electron chi connectivity index (χ1n) is 6.43. The summed E-state index contributed by atoms with van der Waals surface area (Å²) >= 11 is 0. The normalized spacial score (nSPS) is 21.1. The third-order valence-corrected chi connectivity index (χ3v) is 3.63. The van der Waals surface area contributed by atoms with Crippen molar-refractivity contribution < 1.29 is 9.53 Å². The van der Waals surface area contributed by atoms with Gasteiger partial charge in [-0.05, 0) is 26.2 Å². The van der Waals surface area contributed by atoms with Crippen LogP contribution in [0.1, 0.15) is 52.4 Å². The van der Waals surface area contributed by atoms with Gasteiger partial charge in [-0.1, -0.05) is 38.2 Å². The van der Waals surface area contributed by atoms with E-state index < -0.39 is 5.41 Å². The van der Waals surface area contributed by atoms with Gasteiger partial charge in [-0.2, -0.15) is 0 Å². The van der Waals surface area contributed by atoms with Crippen LogP contribution in [0.25, 0.3) is 0 Å². The van der Waals surface area contributed by atoms with Crippen molar-refractivity contribution in [1.29, 1.82) is 0 Å². The molecule has 0 saturated heterocycles. The number of rotatable bonds is 5. The Morgan fingerprint density at radius 2 is 2.06 bits per heavy atom. The summed E-state index contributed by atoms with van der Waals surface area (Å²) in [5.74, 6) is 0.553. The highest BCUT2D eigenvalue weighted by Crippen LogP contribution is 2.36. The zero-order valence-electron chi connectivity index (χ0n) is 10.6. The summed E-state index contributed by atoms with van der Waals surface area (Å²) in [5.41, 5.74) is -0.488. The quantitative estimate of drug-likeness (QED) is 0.525. The van der Waals surface area contributed by atoms with Crippen molar-refractivity contribution in [2.75, 3.05) is 6.61 Å². The van der Waals surface area contributed by atoms with E-state index in [2.05, 4.69) is 6.58 Å². The molecule has 0 N–H and O–H groups in total. The van der Waals surface area contributed by atoms with Crippen molar-refractivity contribution >= 4 is 5.97 Å². The molecule has 0 aliphatic heterocycles. The van der Waals surface area contributed by atoms with Gasteiger partial charge in [0.1, 0.15) is 0 Å². The van der Waals surface area contributed by atoms with Gasteiger partial charge in [-0.15, -0.1) is 6.58 Å². The Morgan fingerprint density at radius 1 is 1.44 bits per heavy atom. The molecule has 1 atom stereocenters. The molecule has 0 amide bonds. The number of carbonyl (C=O) groups is 1. The molecule has 0 bridgehead atoms. The standard InChI is InChI=1S/C14H24O2/c1-4-14(3,13(15)16-5-2)11-12-9-7-6-8-10-12/h4,12H,1,5-11H2,2-3H3. The molecule has 1 saturated carbocycles. The Balaban J connectivity index is 2.57. The Kier molecular flexibility index (Phi) is 5.04. The van der Waals surface area contributed by atoms with E-state index in [1.54, 1.807) is 6.08 Å². The molecule has 0 aromatic rings. The number of hydrogen-bond donors (Lipinski definition) is 0. The van der Waals surface area contributed by atoms with E-state index in [1.807, 2.05) is 13.8 Å². The minimum Gasteiger partial charge on any atom is -0.465 e. The van der Waals surface area contributed by atoms with Crippen molar-refractivity contribution in [3.05, 3.63) is 12.7 Å². The zero-order valence-corrected chi connectivity index (χ0v) is 10.6. The fourth-order valence-corrected chi connectivity index (χ4v) is 2.54. The number of esters is 1. The predicted octanol–water partition coefficient (Wildman–Crippen LogP) is 3.71. The van der Waals surface area contributed by atoms with Gasteiger partial charge in [0.2, 0.25) is 0 Å². The van der Waals surface area contributed by atoms with Crippen molar-refractivity contribution in [1.82, 2.24) is 0 Å². The van der Waals surface area contributed by atoms with Crippen molar-refractivity contribution in [3.63, 3.8) is 0 Å². The molecule has 16 heavy (non-hydrogen) atoms. The monoisotopic (exact) mass is 224 g/mol. The minimum absolute atomic E-state index is 0.115. The maximum Gasteiger partial charge on any atom is 0.315 e. The second kappa shape index (κ2) is 6.07. The molecule has 1 fully saturated rings. The van der Waals surface area contributed by atoms with Crippen LogP contribution in [0.4, 0.5) is 0 Å². The highest BCUT2D eigenvalue weighted by molar-refractivity contribution is 5.78. The van der Waals surface area contributed by atoms with Gasteiger partial charge in [0.15, 0.2) is 0 Å². The summed E-state index contributed by atoms with van der Waals surface area (Å²) in [6.07, 6.45) is 9.13. The van der Waals surface area contributed by atoms with Gasteiger partial charge in [0, 0.05) is 0 Å². The average molecular weight is 224 g/mol. The van der Waals surface area contributed by atoms with E-state index in [0.717, 1.165) is 6.42 Å². The first-order chi connectivity index (χ1) is 7.62. The summed E-state index contributed by atoms with van der Waals surface area (Å²) in [4.78, 5) is 11.9. The lowest BCUT2D eigenvalue weighted by atomic mass is 9.75. The van der Waals surface area contributed by atoms with Crippen LogP contribution in [-0.2, 0) is 9.53 Å². The van der Waals surface area contributed by atoms with E-state index in [0.29, 0.717) is 12.5 Å². The molecule has 1 rings (SSSR count). The maximum atomic E-state index is 11.9. The van der Waals surface area contributed by atoms with E-state index >= 15 is 0 Å². The van der Waals surface area contributed by atoms with E-state index in [4.69, 9.17) is 4.74 Å².